The van der Waals surface area contributed by atoms with Gasteiger partial charge in [0.15, 0.2) is 0 Å². The third-order valence-electron chi connectivity index (χ3n) is 3.57. The van der Waals surface area contributed by atoms with Gasteiger partial charge in [-0.05, 0) is 38.0 Å². The van der Waals surface area contributed by atoms with Crippen molar-refractivity contribution in [1.82, 2.24) is 4.90 Å². The van der Waals surface area contributed by atoms with E-state index in [2.05, 4.69) is 4.90 Å². The average Bonchev–Trinajstić information content (AvgIpc) is 2.32. The van der Waals surface area contributed by atoms with E-state index < -0.39 is 5.60 Å². The number of aliphatic hydroxyl groups is 1. The number of methoxy groups -OCH3 is 1. The SMILES string of the molecule is COc1ccc(Cl)cc1CN1CCC(C)(O)CC1. The molecule has 3 nitrogen and oxygen atoms in total. The molecule has 1 fully saturated rings. The normalized spacial score (nSPS) is 19.8. The number of halogens is 1. The van der Waals surface area contributed by atoms with E-state index in [0.717, 1.165) is 48.8 Å². The van der Waals surface area contributed by atoms with Crippen molar-refractivity contribution in [3.8, 4) is 5.75 Å². The van der Waals surface area contributed by atoms with Crippen molar-refractivity contribution in [3.63, 3.8) is 0 Å². The quantitative estimate of drug-likeness (QED) is 0.916. The Bertz CT molecular complexity index is 410. The summed E-state index contributed by atoms with van der Waals surface area (Å²) < 4.78 is 5.35. The van der Waals surface area contributed by atoms with Gasteiger partial charge >= 0.3 is 0 Å². The molecule has 0 unspecified atom stereocenters. The monoisotopic (exact) mass is 269 g/mol. The highest BCUT2D eigenvalue weighted by atomic mass is 35.5. The van der Waals surface area contributed by atoms with E-state index in [1.54, 1.807) is 7.11 Å². The maximum atomic E-state index is 9.93. The zero-order valence-corrected chi connectivity index (χ0v) is 11.7. The Morgan fingerprint density at radius 2 is 2.06 bits per heavy atom. The molecule has 1 aromatic carbocycles. The van der Waals surface area contributed by atoms with E-state index in [-0.39, 0.29) is 0 Å². The van der Waals surface area contributed by atoms with Crippen LogP contribution in [-0.4, -0.2) is 35.8 Å². The van der Waals surface area contributed by atoms with Gasteiger partial charge in [0.25, 0.3) is 0 Å². The maximum Gasteiger partial charge on any atom is 0.123 e. The molecule has 0 aromatic heterocycles. The Balaban J connectivity index is 2.04. The molecule has 0 atom stereocenters. The molecule has 0 radical (unpaired) electrons. The molecule has 1 saturated heterocycles. The minimum Gasteiger partial charge on any atom is -0.496 e. The van der Waals surface area contributed by atoms with E-state index in [0.29, 0.717) is 0 Å². The summed E-state index contributed by atoms with van der Waals surface area (Å²) in [5.41, 5.74) is 0.598. The second-order valence-corrected chi connectivity index (χ2v) is 5.67. The van der Waals surface area contributed by atoms with Crippen LogP contribution in [0.3, 0.4) is 0 Å². The van der Waals surface area contributed by atoms with Crippen molar-refractivity contribution in [2.45, 2.75) is 31.9 Å². The second-order valence-electron chi connectivity index (χ2n) is 5.23. The molecule has 2 rings (SSSR count). The standard InChI is InChI=1S/C14H20ClNO2/c1-14(17)5-7-16(8-6-14)10-11-9-12(15)3-4-13(11)18-2/h3-4,9,17H,5-8,10H2,1-2H3. The van der Waals surface area contributed by atoms with Crippen molar-refractivity contribution >= 4 is 11.6 Å². The van der Waals surface area contributed by atoms with Crippen LogP contribution in [0.2, 0.25) is 5.02 Å². The van der Waals surface area contributed by atoms with Gasteiger partial charge in [-0.25, -0.2) is 0 Å². The molecule has 100 valence electrons. The van der Waals surface area contributed by atoms with Crippen LogP contribution < -0.4 is 4.74 Å². The average molecular weight is 270 g/mol. The topological polar surface area (TPSA) is 32.7 Å². The van der Waals surface area contributed by atoms with Crippen molar-refractivity contribution in [3.05, 3.63) is 28.8 Å². The van der Waals surface area contributed by atoms with Crippen LogP contribution in [0.15, 0.2) is 18.2 Å². The number of nitrogens with zero attached hydrogens (tertiary/aromatic N) is 1. The Morgan fingerprint density at radius 3 is 2.67 bits per heavy atom. The molecule has 1 N–H and O–H groups in total. The number of piperidine rings is 1. The summed E-state index contributed by atoms with van der Waals surface area (Å²) in [6.45, 7) is 4.54. The molecule has 18 heavy (non-hydrogen) atoms. The fourth-order valence-electron chi connectivity index (χ4n) is 2.30. The van der Waals surface area contributed by atoms with Crippen molar-refractivity contribution < 1.29 is 9.84 Å². The molecule has 4 heteroatoms. The molecule has 1 heterocycles. The molecule has 1 aliphatic heterocycles. The first kappa shape index (κ1) is 13.7. The zero-order valence-electron chi connectivity index (χ0n) is 10.9. The van der Waals surface area contributed by atoms with Gasteiger partial charge in [-0.3, -0.25) is 4.90 Å². The highest BCUT2D eigenvalue weighted by Gasteiger charge is 2.27. The Morgan fingerprint density at radius 1 is 1.39 bits per heavy atom. The first-order chi connectivity index (χ1) is 8.50. The Kier molecular flexibility index (Phi) is 4.15. The number of benzene rings is 1. The Labute approximate surface area is 113 Å². The van der Waals surface area contributed by atoms with Gasteiger partial charge in [-0.1, -0.05) is 11.6 Å². The first-order valence-corrected chi connectivity index (χ1v) is 6.65. The highest BCUT2D eigenvalue weighted by molar-refractivity contribution is 6.30. The molecule has 1 aliphatic rings. The number of ether oxygens (including phenoxy) is 1. The Hall–Kier alpha value is -0.770. The van der Waals surface area contributed by atoms with Crippen molar-refractivity contribution in [1.29, 1.82) is 0 Å². The molecule has 0 aliphatic carbocycles. The lowest BCUT2D eigenvalue weighted by atomic mass is 9.93. The van der Waals surface area contributed by atoms with Crippen LogP contribution in [0.4, 0.5) is 0 Å². The van der Waals surface area contributed by atoms with Gasteiger partial charge in [-0.15, -0.1) is 0 Å². The van der Waals surface area contributed by atoms with Gasteiger partial charge in [0.05, 0.1) is 12.7 Å². The largest absolute Gasteiger partial charge is 0.496 e. The number of likely N-dealkylation sites (tertiary alicyclic amines) is 1. The summed E-state index contributed by atoms with van der Waals surface area (Å²) in [5, 5.41) is 10.7. The fraction of sp³-hybridized carbons (Fsp3) is 0.571. The summed E-state index contributed by atoms with van der Waals surface area (Å²) >= 11 is 6.02. The predicted molar refractivity (Wildman–Crippen MR) is 73.1 cm³/mol. The summed E-state index contributed by atoms with van der Waals surface area (Å²) in [7, 11) is 1.67. The van der Waals surface area contributed by atoms with Gasteiger partial charge < -0.3 is 9.84 Å². The van der Waals surface area contributed by atoms with Gasteiger partial charge in [-0.2, -0.15) is 0 Å². The van der Waals surface area contributed by atoms with Crippen LogP contribution in [0, 0.1) is 0 Å². The molecule has 0 spiro atoms. The predicted octanol–water partition coefficient (Wildman–Crippen LogP) is 2.70. The van der Waals surface area contributed by atoms with Crippen molar-refractivity contribution in [2.24, 2.45) is 0 Å². The minimum absolute atomic E-state index is 0.505. The van der Waals surface area contributed by atoms with Crippen molar-refractivity contribution in [2.75, 3.05) is 20.2 Å². The maximum absolute atomic E-state index is 9.93. The summed E-state index contributed by atoms with van der Waals surface area (Å²) in [4.78, 5) is 2.33. The van der Waals surface area contributed by atoms with E-state index >= 15 is 0 Å². The van der Waals surface area contributed by atoms with Gasteiger partial charge in [0.1, 0.15) is 5.75 Å². The first-order valence-electron chi connectivity index (χ1n) is 6.27. The summed E-state index contributed by atoms with van der Waals surface area (Å²) in [6.07, 6.45) is 1.63. The lowest BCUT2D eigenvalue weighted by molar-refractivity contribution is -0.00741. The number of hydrogen-bond donors (Lipinski definition) is 1. The third kappa shape index (κ3) is 3.37. The number of hydrogen-bond acceptors (Lipinski definition) is 3. The molecule has 0 bridgehead atoms. The third-order valence-corrected chi connectivity index (χ3v) is 3.80. The smallest absolute Gasteiger partial charge is 0.123 e. The van der Waals surface area contributed by atoms with E-state index in [4.69, 9.17) is 16.3 Å². The van der Waals surface area contributed by atoms with Crippen LogP contribution in [0.25, 0.3) is 0 Å². The van der Waals surface area contributed by atoms with Gasteiger partial charge in [0.2, 0.25) is 0 Å². The van der Waals surface area contributed by atoms with Crippen LogP contribution in [0.1, 0.15) is 25.3 Å². The lowest BCUT2D eigenvalue weighted by Gasteiger charge is -2.35. The molecule has 0 saturated carbocycles. The van der Waals surface area contributed by atoms with E-state index in [9.17, 15) is 5.11 Å². The van der Waals surface area contributed by atoms with E-state index in [1.165, 1.54) is 0 Å². The molecular formula is C14H20ClNO2. The summed E-state index contributed by atoms with van der Waals surface area (Å²) in [5.74, 6) is 0.872. The summed E-state index contributed by atoms with van der Waals surface area (Å²) in [6, 6.07) is 5.69. The highest BCUT2D eigenvalue weighted by Crippen LogP contribution is 2.27. The van der Waals surface area contributed by atoms with Crippen LogP contribution in [0.5, 0.6) is 5.75 Å². The minimum atomic E-state index is -0.505. The lowest BCUT2D eigenvalue weighted by Crippen LogP contribution is -2.41. The van der Waals surface area contributed by atoms with Gasteiger partial charge in [0, 0.05) is 30.2 Å². The van der Waals surface area contributed by atoms with Crippen LogP contribution in [-0.2, 0) is 6.54 Å². The fourth-order valence-corrected chi connectivity index (χ4v) is 2.50. The number of rotatable bonds is 3. The van der Waals surface area contributed by atoms with E-state index in [1.807, 2.05) is 25.1 Å². The zero-order chi connectivity index (χ0) is 13.2. The molecular weight excluding hydrogens is 250 g/mol. The van der Waals surface area contributed by atoms with Crippen LogP contribution >= 0.6 is 11.6 Å². The molecule has 1 aromatic rings. The molecule has 0 amide bonds. The second kappa shape index (κ2) is 5.47.